The van der Waals surface area contributed by atoms with E-state index >= 15 is 0 Å². The lowest BCUT2D eigenvalue weighted by Gasteiger charge is -2.33. The maximum absolute atomic E-state index is 10.3. The third-order valence-corrected chi connectivity index (χ3v) is 5.18. The Labute approximate surface area is 160 Å². The molecule has 3 N–H and O–H groups in total. The van der Waals surface area contributed by atoms with Gasteiger partial charge in [0.25, 0.3) is 0 Å². The number of aromatic hydroxyl groups is 1. The summed E-state index contributed by atoms with van der Waals surface area (Å²) in [4.78, 5) is 10.3. The highest BCUT2D eigenvalue weighted by Gasteiger charge is 2.31. The molecule has 27 heavy (non-hydrogen) atoms. The minimum absolute atomic E-state index is 0.0000794. The van der Waals surface area contributed by atoms with Crippen LogP contribution in [0.15, 0.2) is 41.5 Å². The van der Waals surface area contributed by atoms with Gasteiger partial charge < -0.3 is 19.8 Å². The first-order valence-corrected chi connectivity index (χ1v) is 9.40. The summed E-state index contributed by atoms with van der Waals surface area (Å²) in [5.74, 6) is 0.0764. The van der Waals surface area contributed by atoms with E-state index in [4.69, 9.17) is 9.73 Å². The van der Waals surface area contributed by atoms with Gasteiger partial charge in [0.15, 0.2) is 0 Å². The highest BCUT2D eigenvalue weighted by molar-refractivity contribution is 5.85. The van der Waals surface area contributed by atoms with Crippen LogP contribution >= 0.6 is 0 Å². The van der Waals surface area contributed by atoms with Gasteiger partial charge in [0.2, 0.25) is 0 Å². The number of rotatable bonds is 6. The summed E-state index contributed by atoms with van der Waals surface area (Å²) in [6.45, 7) is 7.06. The number of aliphatic imine (C=N–C) groups is 1. The number of hydrogen-bond acceptors (Lipinski definition) is 5. The zero-order valence-corrected chi connectivity index (χ0v) is 15.9. The number of aromatic nitrogens is 1. The molecule has 1 aromatic carbocycles. The van der Waals surface area contributed by atoms with Crippen LogP contribution in [-0.2, 0) is 11.3 Å². The Morgan fingerprint density at radius 2 is 1.96 bits per heavy atom. The Balaban J connectivity index is 1.90. The van der Waals surface area contributed by atoms with E-state index in [1.54, 1.807) is 19.3 Å². The Hall–Kier alpha value is -2.28. The van der Waals surface area contributed by atoms with Gasteiger partial charge in [0.1, 0.15) is 30.9 Å². The molecule has 2 heterocycles. The highest BCUT2D eigenvalue weighted by Crippen LogP contribution is 2.23. The Kier molecular flexibility index (Phi) is 6.55. The summed E-state index contributed by atoms with van der Waals surface area (Å²) in [5, 5.41) is 19.9. The van der Waals surface area contributed by atoms with E-state index < -0.39 is 0 Å². The molecule has 0 bridgehead atoms. The maximum atomic E-state index is 10.3. The van der Waals surface area contributed by atoms with E-state index in [1.807, 2.05) is 6.07 Å². The molecule has 0 spiro atoms. The lowest BCUT2D eigenvalue weighted by molar-refractivity contribution is -0.940. The van der Waals surface area contributed by atoms with Crippen LogP contribution in [0.1, 0.15) is 35.3 Å². The monoisotopic (exact) mass is 370 g/mol. The number of hydrogen-bond donors (Lipinski definition) is 3. The number of nitrogens with one attached hydrogen (secondary N) is 1. The predicted octanol–water partition coefficient (Wildman–Crippen LogP) is 1.05. The Morgan fingerprint density at radius 3 is 2.63 bits per heavy atom. The lowest BCUT2D eigenvalue weighted by Crippen LogP contribution is -3.15. The van der Waals surface area contributed by atoms with E-state index in [0.717, 1.165) is 26.3 Å². The number of aliphatic hydroxyl groups excluding tert-OH is 1. The number of quaternary nitrogens is 1. The largest absolute Gasteiger partial charge is 0.505 e. The van der Waals surface area contributed by atoms with Crippen LogP contribution in [0.25, 0.3) is 0 Å². The van der Waals surface area contributed by atoms with Crippen molar-refractivity contribution in [2.45, 2.75) is 32.5 Å². The van der Waals surface area contributed by atoms with Gasteiger partial charge in [-0.25, -0.2) is 0 Å². The first-order valence-electron chi connectivity index (χ1n) is 9.40. The Morgan fingerprint density at radius 1 is 1.26 bits per heavy atom. The van der Waals surface area contributed by atoms with Crippen molar-refractivity contribution in [1.82, 2.24) is 4.98 Å². The molecular weight excluding hydrogens is 342 g/mol. The summed E-state index contributed by atoms with van der Waals surface area (Å²) >= 11 is 0. The molecule has 2 atom stereocenters. The molecule has 0 radical (unpaired) electrons. The van der Waals surface area contributed by atoms with Crippen molar-refractivity contribution in [2.24, 2.45) is 4.99 Å². The molecule has 3 rings (SSSR count). The van der Waals surface area contributed by atoms with Gasteiger partial charge in [-0.1, -0.05) is 30.3 Å². The predicted molar refractivity (Wildman–Crippen MR) is 104 cm³/mol. The van der Waals surface area contributed by atoms with Crippen molar-refractivity contribution >= 4 is 6.21 Å². The molecule has 0 amide bonds. The minimum atomic E-state index is -0.187. The number of aryl methyl sites for hydroxylation is 1. The topological polar surface area (TPSA) is 79.4 Å². The van der Waals surface area contributed by atoms with Gasteiger partial charge in [-0.05, 0) is 13.8 Å². The van der Waals surface area contributed by atoms with Gasteiger partial charge in [-0.2, -0.15) is 0 Å². The van der Waals surface area contributed by atoms with Crippen LogP contribution in [0.3, 0.4) is 0 Å². The van der Waals surface area contributed by atoms with E-state index in [2.05, 4.69) is 36.2 Å². The zero-order valence-electron chi connectivity index (χ0n) is 15.9. The van der Waals surface area contributed by atoms with Crippen molar-refractivity contribution in [3.05, 3.63) is 58.9 Å². The van der Waals surface area contributed by atoms with Crippen LogP contribution in [0, 0.1) is 6.92 Å². The molecule has 6 nitrogen and oxygen atoms in total. The van der Waals surface area contributed by atoms with Gasteiger partial charge in [0, 0.05) is 29.1 Å². The maximum Gasteiger partial charge on any atom is 0.145 e. The summed E-state index contributed by atoms with van der Waals surface area (Å²) in [5.41, 5.74) is 2.89. The lowest BCUT2D eigenvalue weighted by atomic mass is 9.98. The average molecular weight is 370 g/mol. The average Bonchev–Trinajstić information content (AvgIpc) is 2.71. The van der Waals surface area contributed by atoms with Crippen molar-refractivity contribution in [3.8, 4) is 5.75 Å². The molecular formula is C21H28N3O3+. The van der Waals surface area contributed by atoms with Crippen molar-refractivity contribution in [1.29, 1.82) is 0 Å². The molecule has 1 aromatic heterocycles. The van der Waals surface area contributed by atoms with Crippen LogP contribution in [0.2, 0.25) is 0 Å². The summed E-state index contributed by atoms with van der Waals surface area (Å²) in [7, 11) is 0. The first kappa shape index (κ1) is 19.5. The van der Waals surface area contributed by atoms with E-state index in [-0.39, 0.29) is 24.4 Å². The fourth-order valence-electron chi connectivity index (χ4n) is 3.66. The highest BCUT2D eigenvalue weighted by atomic mass is 16.5. The number of benzene rings is 1. The van der Waals surface area contributed by atoms with E-state index in [0.29, 0.717) is 16.8 Å². The molecule has 2 aromatic rings. The summed E-state index contributed by atoms with van der Waals surface area (Å²) in [6, 6.07) is 10.6. The first-order chi connectivity index (χ1) is 13.1. The number of nitrogens with zero attached hydrogens (tertiary/aromatic N) is 2. The number of pyridine rings is 1. The molecule has 1 saturated heterocycles. The smallest absolute Gasteiger partial charge is 0.145 e. The van der Waals surface area contributed by atoms with Gasteiger partial charge >= 0.3 is 0 Å². The number of aliphatic hydroxyl groups is 1. The molecule has 1 aliphatic rings. The molecule has 0 saturated carbocycles. The van der Waals surface area contributed by atoms with Crippen LogP contribution in [0.4, 0.5) is 0 Å². The van der Waals surface area contributed by atoms with Crippen LogP contribution < -0.4 is 4.90 Å². The molecule has 1 fully saturated rings. The minimum Gasteiger partial charge on any atom is -0.505 e. The van der Waals surface area contributed by atoms with E-state index in [1.165, 1.54) is 10.5 Å². The molecule has 1 aliphatic heterocycles. The van der Waals surface area contributed by atoms with Crippen molar-refractivity contribution in [2.75, 3.05) is 26.3 Å². The fourth-order valence-corrected chi connectivity index (χ4v) is 3.66. The van der Waals surface area contributed by atoms with Gasteiger partial charge in [0.05, 0.1) is 25.5 Å². The standard InChI is InChI=1S/C21H27N3O3/c1-15(23-13-19-18(14-25)12-22-16(2)21(19)26)20(17-6-4-3-5-7-17)24-8-10-27-11-9-24/h3-7,12-13,15,20,25-26H,8-11,14H2,1-2H3/p+1/t15-,20-/m1/s1. The van der Waals surface area contributed by atoms with Gasteiger partial charge in [-0.3, -0.25) is 9.98 Å². The molecule has 0 unspecified atom stereocenters. The summed E-state index contributed by atoms with van der Waals surface area (Å²) in [6.07, 6.45) is 3.26. The fraction of sp³-hybridized carbons (Fsp3) is 0.429. The van der Waals surface area contributed by atoms with E-state index in [9.17, 15) is 10.2 Å². The van der Waals surface area contributed by atoms with Gasteiger partial charge in [-0.15, -0.1) is 0 Å². The molecule has 0 aliphatic carbocycles. The van der Waals surface area contributed by atoms with Crippen molar-refractivity contribution < 1.29 is 19.8 Å². The van der Waals surface area contributed by atoms with Crippen LogP contribution in [0.5, 0.6) is 5.75 Å². The van der Waals surface area contributed by atoms with Crippen LogP contribution in [-0.4, -0.2) is 53.8 Å². The zero-order chi connectivity index (χ0) is 19.2. The van der Waals surface area contributed by atoms with Crippen molar-refractivity contribution in [3.63, 3.8) is 0 Å². The molecule has 6 heteroatoms. The quantitative estimate of drug-likeness (QED) is 0.664. The normalized spacial score (nSPS) is 17.9. The number of morpholine rings is 1. The SMILES string of the molecule is Cc1ncc(CO)c(C=N[C@H](C)[C@H](c2ccccc2)[NH+]2CCOCC2)c1O. The third kappa shape index (κ3) is 4.53. The Bertz CT molecular complexity index is 774. The number of ether oxygens (including phenoxy) is 1. The summed E-state index contributed by atoms with van der Waals surface area (Å²) < 4.78 is 5.53. The second-order valence-electron chi connectivity index (χ2n) is 6.97. The third-order valence-electron chi connectivity index (χ3n) is 5.18. The second kappa shape index (κ2) is 9.08. The second-order valence-corrected chi connectivity index (χ2v) is 6.97. The molecule has 144 valence electrons.